The fourth-order valence-corrected chi connectivity index (χ4v) is 1.10. The van der Waals surface area contributed by atoms with E-state index in [4.69, 9.17) is 4.74 Å². The lowest BCUT2D eigenvalue weighted by Gasteiger charge is -1.98. The van der Waals surface area contributed by atoms with E-state index in [1.54, 1.807) is 6.26 Å². The molecule has 0 radical (unpaired) electrons. The molecule has 1 aromatic rings. The van der Waals surface area contributed by atoms with Gasteiger partial charge in [-0.3, -0.25) is 0 Å². The first-order valence-corrected chi connectivity index (χ1v) is 4.98. The van der Waals surface area contributed by atoms with E-state index in [9.17, 15) is 0 Å². The zero-order chi connectivity index (χ0) is 8.81. The molecule has 0 aliphatic carbocycles. The Bertz CT molecular complexity index is 251. The molecule has 0 unspecified atom stereocenters. The number of benzene rings is 1. The van der Waals surface area contributed by atoms with Crippen molar-refractivity contribution in [3.8, 4) is 5.75 Å². The average Bonchev–Trinajstić information content (AvgIpc) is 2.09. The van der Waals surface area contributed by atoms with Crippen molar-refractivity contribution < 1.29 is 4.74 Å². The summed E-state index contributed by atoms with van der Waals surface area (Å²) in [7, 11) is 0. The zero-order valence-corrected chi connectivity index (χ0v) is 9.11. The molecule has 0 aliphatic heterocycles. The summed E-state index contributed by atoms with van der Waals surface area (Å²) < 4.78 is 6.54. The lowest BCUT2D eigenvalue weighted by molar-refractivity contribution is 0.479. The van der Waals surface area contributed by atoms with E-state index >= 15 is 0 Å². The van der Waals surface area contributed by atoms with Gasteiger partial charge in [0.05, 0.1) is 6.26 Å². The second kappa shape index (κ2) is 5.19. The molecule has 1 nitrogen and oxygen atoms in total. The van der Waals surface area contributed by atoms with E-state index in [0.29, 0.717) is 0 Å². The van der Waals surface area contributed by atoms with Gasteiger partial charge in [-0.15, -0.1) is 0 Å². The van der Waals surface area contributed by atoms with Gasteiger partial charge < -0.3 is 4.74 Å². The summed E-state index contributed by atoms with van der Waals surface area (Å²) in [6.07, 6.45) is 4.71. The lowest BCUT2D eigenvalue weighted by Crippen LogP contribution is -1.80. The van der Waals surface area contributed by atoms with E-state index in [0.717, 1.165) is 12.2 Å². The van der Waals surface area contributed by atoms with Crippen LogP contribution < -0.4 is 4.74 Å². The molecule has 0 spiro atoms. The molecule has 0 aliphatic rings. The summed E-state index contributed by atoms with van der Waals surface area (Å²) in [5, 5.41) is 0. The van der Waals surface area contributed by atoms with Crippen LogP contribution in [-0.4, -0.2) is 0 Å². The first kappa shape index (κ1) is 9.58. The smallest absolute Gasteiger partial charge is 0.126 e. The normalized spacial score (nSPS) is 10.5. The molecule has 0 amide bonds. The minimum absolute atomic E-state index is 0.889. The number of hydrogen-bond donors (Lipinski definition) is 0. The summed E-state index contributed by atoms with van der Waals surface area (Å²) in [4.78, 5) is 0. The number of hydrogen-bond acceptors (Lipinski definition) is 1. The molecule has 0 aromatic heterocycles. The molecule has 1 aromatic carbocycles. The van der Waals surface area contributed by atoms with E-state index in [-0.39, 0.29) is 0 Å². The Hall–Kier alpha value is -0.510. The summed E-state index contributed by atoms with van der Waals surface area (Å²) in [5.41, 5.74) is 0. The van der Waals surface area contributed by atoms with Crippen LogP contribution in [-0.2, 0) is 0 Å². The maximum Gasteiger partial charge on any atom is 0.126 e. The molecule has 2 heteroatoms. The number of rotatable bonds is 3. The van der Waals surface area contributed by atoms with Gasteiger partial charge in [-0.1, -0.05) is 6.92 Å². The minimum Gasteiger partial charge on any atom is -0.465 e. The Kier molecular flexibility index (Phi) is 4.14. The first-order chi connectivity index (χ1) is 5.83. The van der Waals surface area contributed by atoms with Gasteiger partial charge in [0, 0.05) is 3.57 Å². The summed E-state index contributed by atoms with van der Waals surface area (Å²) in [6.45, 7) is 2.08. The van der Waals surface area contributed by atoms with Crippen LogP contribution in [0.2, 0.25) is 0 Å². The highest BCUT2D eigenvalue weighted by molar-refractivity contribution is 14.1. The van der Waals surface area contributed by atoms with Gasteiger partial charge in [0.2, 0.25) is 0 Å². The standard InChI is InChI=1S/C10H11IO/c1-2-3-8-12-10-6-4-9(11)5-7-10/h3-8H,2H2,1H3/b8-3+. The maximum absolute atomic E-state index is 5.32. The van der Waals surface area contributed by atoms with Gasteiger partial charge in [-0.2, -0.15) is 0 Å². The van der Waals surface area contributed by atoms with Crippen molar-refractivity contribution in [2.24, 2.45) is 0 Å². The number of ether oxygens (including phenoxy) is 1. The summed E-state index contributed by atoms with van der Waals surface area (Å²) in [5.74, 6) is 0.889. The molecule has 1 rings (SSSR count). The van der Waals surface area contributed by atoms with Crippen LogP contribution in [0.3, 0.4) is 0 Å². The van der Waals surface area contributed by atoms with Gasteiger partial charge in [-0.05, 0) is 59.4 Å². The Morgan fingerprint density at radius 2 is 2.00 bits per heavy atom. The van der Waals surface area contributed by atoms with Crippen molar-refractivity contribution in [3.63, 3.8) is 0 Å². The SMILES string of the molecule is CC/C=C/Oc1ccc(I)cc1. The predicted octanol–water partition coefficient (Wildman–Crippen LogP) is 3.59. The third kappa shape index (κ3) is 3.26. The fourth-order valence-electron chi connectivity index (χ4n) is 0.736. The monoisotopic (exact) mass is 274 g/mol. The molecule has 12 heavy (non-hydrogen) atoms. The second-order valence-corrected chi connectivity index (χ2v) is 3.60. The van der Waals surface area contributed by atoms with E-state index < -0.39 is 0 Å². The molecular weight excluding hydrogens is 263 g/mol. The van der Waals surface area contributed by atoms with Crippen LogP contribution in [0, 0.1) is 3.57 Å². The summed E-state index contributed by atoms with van der Waals surface area (Å²) >= 11 is 2.27. The third-order valence-electron chi connectivity index (χ3n) is 1.35. The van der Waals surface area contributed by atoms with E-state index in [1.165, 1.54) is 3.57 Å². The highest BCUT2D eigenvalue weighted by atomic mass is 127. The van der Waals surface area contributed by atoms with Crippen molar-refractivity contribution in [1.82, 2.24) is 0 Å². The van der Waals surface area contributed by atoms with Crippen molar-refractivity contribution in [3.05, 3.63) is 40.2 Å². The van der Waals surface area contributed by atoms with Gasteiger partial charge in [0.1, 0.15) is 5.75 Å². The Balaban J connectivity index is 2.53. The van der Waals surface area contributed by atoms with Crippen LogP contribution >= 0.6 is 22.6 Å². The quantitative estimate of drug-likeness (QED) is 0.604. The van der Waals surface area contributed by atoms with Crippen LogP contribution in [0.4, 0.5) is 0 Å². The molecular formula is C10H11IO. The molecule has 64 valence electrons. The maximum atomic E-state index is 5.32. The van der Waals surface area contributed by atoms with Crippen molar-refractivity contribution in [1.29, 1.82) is 0 Å². The van der Waals surface area contributed by atoms with Gasteiger partial charge in [0.25, 0.3) is 0 Å². The molecule has 0 atom stereocenters. The molecule has 0 fully saturated rings. The largest absolute Gasteiger partial charge is 0.465 e. The number of halogens is 1. The first-order valence-electron chi connectivity index (χ1n) is 3.90. The highest BCUT2D eigenvalue weighted by Crippen LogP contribution is 2.13. The van der Waals surface area contributed by atoms with Crippen LogP contribution in [0.1, 0.15) is 13.3 Å². The minimum atomic E-state index is 0.889. The Morgan fingerprint density at radius 3 is 2.58 bits per heavy atom. The average molecular weight is 274 g/mol. The Labute approximate surface area is 86.6 Å². The zero-order valence-electron chi connectivity index (χ0n) is 6.96. The fraction of sp³-hybridized carbons (Fsp3) is 0.200. The van der Waals surface area contributed by atoms with Crippen molar-refractivity contribution in [2.75, 3.05) is 0 Å². The number of allylic oxidation sites excluding steroid dienone is 1. The van der Waals surface area contributed by atoms with Gasteiger partial charge >= 0.3 is 0 Å². The highest BCUT2D eigenvalue weighted by Gasteiger charge is 1.88. The van der Waals surface area contributed by atoms with E-state index in [2.05, 4.69) is 29.5 Å². The third-order valence-corrected chi connectivity index (χ3v) is 2.07. The molecule has 0 saturated heterocycles. The van der Waals surface area contributed by atoms with Gasteiger partial charge in [0.15, 0.2) is 0 Å². The van der Waals surface area contributed by atoms with Crippen LogP contribution in [0.5, 0.6) is 5.75 Å². The van der Waals surface area contributed by atoms with Crippen molar-refractivity contribution in [2.45, 2.75) is 13.3 Å². The molecule has 0 heterocycles. The molecule has 0 N–H and O–H groups in total. The molecule has 0 bridgehead atoms. The van der Waals surface area contributed by atoms with E-state index in [1.807, 2.05) is 30.3 Å². The lowest BCUT2D eigenvalue weighted by atomic mass is 10.3. The topological polar surface area (TPSA) is 9.23 Å². The van der Waals surface area contributed by atoms with Crippen LogP contribution in [0.25, 0.3) is 0 Å². The molecule has 0 saturated carbocycles. The van der Waals surface area contributed by atoms with Crippen LogP contribution in [0.15, 0.2) is 36.6 Å². The second-order valence-electron chi connectivity index (χ2n) is 2.35. The predicted molar refractivity (Wildman–Crippen MR) is 59.2 cm³/mol. The summed E-state index contributed by atoms with van der Waals surface area (Å²) in [6, 6.07) is 7.97. The Morgan fingerprint density at radius 1 is 1.33 bits per heavy atom. The van der Waals surface area contributed by atoms with Crippen molar-refractivity contribution >= 4 is 22.6 Å². The van der Waals surface area contributed by atoms with Gasteiger partial charge in [-0.25, -0.2) is 0 Å².